The zero-order valence-electron chi connectivity index (χ0n) is 20.0. The third-order valence-corrected chi connectivity index (χ3v) is 6.70. The van der Waals surface area contributed by atoms with E-state index in [4.69, 9.17) is 0 Å². The van der Waals surface area contributed by atoms with Gasteiger partial charge < -0.3 is 5.32 Å². The van der Waals surface area contributed by atoms with Crippen LogP contribution in [0, 0.1) is 43.4 Å². The molecule has 7 heteroatoms. The van der Waals surface area contributed by atoms with Gasteiger partial charge in [0.05, 0.1) is 10.2 Å². The number of amides is 1. The van der Waals surface area contributed by atoms with Crippen LogP contribution in [0.1, 0.15) is 32.6 Å². The maximum atomic E-state index is 13.5. The molecule has 0 aliphatic carbocycles. The average Bonchev–Trinajstić information content (AvgIpc) is 3.16. The molecule has 176 valence electrons. The van der Waals surface area contributed by atoms with E-state index in [1.54, 1.807) is 36.4 Å². The molecule has 1 amide bonds. The molecule has 0 radical (unpaired) electrons. The number of aromatic nitrogens is 1. The highest BCUT2D eigenvalue weighted by Crippen LogP contribution is 2.15. The third-order valence-electron chi connectivity index (χ3n) is 5.61. The SMILES string of the molecule is Cc1ccc(C(=O)Nc2cccc(/C=c3\sc(=C(C#N)C#N)n(-c4ccc(C)cc4C)c3=O)c2)cc1. The first-order chi connectivity index (χ1) is 17.3. The number of carbonyl (C=O) groups is 1. The fourth-order valence-electron chi connectivity index (χ4n) is 3.81. The molecular weight excluding hydrogens is 468 g/mol. The molecule has 3 aromatic carbocycles. The predicted molar refractivity (Wildman–Crippen MR) is 142 cm³/mol. The first kappa shape index (κ1) is 24.4. The standard InChI is InChI=1S/C29H22N4O2S/c1-18-7-10-22(11-8-18)27(34)32-24-6-4-5-21(14-24)15-26-28(35)33(29(36-26)23(16-30)17-31)25-12-9-19(2)13-20(25)3/h4-15H,1-3H3,(H,32,34)/b26-15-. The lowest BCUT2D eigenvalue weighted by Crippen LogP contribution is -2.31. The van der Waals surface area contributed by atoms with Gasteiger partial charge in [-0.05, 0) is 68.3 Å². The summed E-state index contributed by atoms with van der Waals surface area (Å²) >= 11 is 1.09. The van der Waals surface area contributed by atoms with Gasteiger partial charge in [0.2, 0.25) is 0 Å². The van der Waals surface area contributed by atoms with Crippen molar-refractivity contribution in [1.29, 1.82) is 10.5 Å². The molecular formula is C29H22N4O2S. The Labute approximate surface area is 212 Å². The second-order valence-corrected chi connectivity index (χ2v) is 9.42. The Kier molecular flexibility index (Phi) is 6.96. The van der Waals surface area contributed by atoms with E-state index in [1.807, 2.05) is 69.3 Å². The Morgan fingerprint density at radius 3 is 2.31 bits per heavy atom. The molecule has 4 rings (SSSR count). The van der Waals surface area contributed by atoms with Gasteiger partial charge in [-0.15, -0.1) is 11.3 Å². The summed E-state index contributed by atoms with van der Waals surface area (Å²) in [5.41, 5.74) is 4.98. The van der Waals surface area contributed by atoms with E-state index >= 15 is 0 Å². The molecule has 36 heavy (non-hydrogen) atoms. The van der Waals surface area contributed by atoms with Crippen LogP contribution < -0.4 is 20.1 Å². The summed E-state index contributed by atoms with van der Waals surface area (Å²) in [5.74, 6) is -0.231. The van der Waals surface area contributed by atoms with E-state index in [9.17, 15) is 20.1 Å². The topological polar surface area (TPSA) is 98.7 Å². The summed E-state index contributed by atoms with van der Waals surface area (Å²) in [6.07, 6.45) is 1.70. The Bertz CT molecular complexity index is 1730. The van der Waals surface area contributed by atoms with Gasteiger partial charge in [0.1, 0.15) is 16.8 Å². The molecule has 6 nitrogen and oxygen atoms in total. The van der Waals surface area contributed by atoms with Gasteiger partial charge in [-0.25, -0.2) is 0 Å². The van der Waals surface area contributed by atoms with Gasteiger partial charge in [0, 0.05) is 11.3 Å². The number of anilines is 1. The fraction of sp³-hybridized carbons (Fsp3) is 0.103. The van der Waals surface area contributed by atoms with E-state index in [0.29, 0.717) is 27.0 Å². The number of nitrogens with one attached hydrogen (secondary N) is 1. The summed E-state index contributed by atoms with van der Waals surface area (Å²) in [5, 5.41) is 21.9. The van der Waals surface area contributed by atoms with Crippen LogP contribution in [0.2, 0.25) is 0 Å². The van der Waals surface area contributed by atoms with Crippen molar-refractivity contribution < 1.29 is 4.79 Å². The van der Waals surface area contributed by atoms with E-state index in [-0.39, 0.29) is 21.7 Å². The number of hydrogen-bond donors (Lipinski definition) is 1. The Morgan fingerprint density at radius 1 is 0.944 bits per heavy atom. The smallest absolute Gasteiger partial charge is 0.273 e. The lowest BCUT2D eigenvalue weighted by molar-refractivity contribution is 0.102. The van der Waals surface area contributed by atoms with Gasteiger partial charge in [-0.3, -0.25) is 14.2 Å². The monoisotopic (exact) mass is 490 g/mol. The van der Waals surface area contributed by atoms with Crippen molar-refractivity contribution in [2.45, 2.75) is 20.8 Å². The maximum Gasteiger partial charge on any atom is 0.273 e. The zero-order chi connectivity index (χ0) is 25.8. The lowest BCUT2D eigenvalue weighted by Gasteiger charge is -2.07. The molecule has 1 heterocycles. The van der Waals surface area contributed by atoms with Crippen LogP contribution in [0.25, 0.3) is 17.3 Å². The number of rotatable bonds is 4. The second kappa shape index (κ2) is 10.3. The summed E-state index contributed by atoms with van der Waals surface area (Å²) < 4.78 is 2.08. The van der Waals surface area contributed by atoms with Crippen LogP contribution in [0.3, 0.4) is 0 Å². The number of aryl methyl sites for hydroxylation is 3. The van der Waals surface area contributed by atoms with Crippen molar-refractivity contribution in [3.63, 3.8) is 0 Å². The van der Waals surface area contributed by atoms with Crippen molar-refractivity contribution in [2.24, 2.45) is 0 Å². The molecule has 4 aromatic rings. The number of nitrogens with zero attached hydrogens (tertiary/aromatic N) is 3. The molecule has 0 bridgehead atoms. The quantitative estimate of drug-likeness (QED) is 0.466. The minimum Gasteiger partial charge on any atom is -0.322 e. The van der Waals surface area contributed by atoms with E-state index < -0.39 is 0 Å². The van der Waals surface area contributed by atoms with Crippen molar-refractivity contribution in [1.82, 2.24) is 4.57 Å². The number of benzene rings is 3. The molecule has 1 N–H and O–H groups in total. The molecule has 1 aromatic heterocycles. The number of nitriles is 2. The molecule has 0 aliphatic rings. The van der Waals surface area contributed by atoms with Crippen molar-refractivity contribution in [3.05, 3.63) is 114 Å². The van der Waals surface area contributed by atoms with Gasteiger partial charge >= 0.3 is 0 Å². The van der Waals surface area contributed by atoms with Crippen LogP contribution in [0.5, 0.6) is 0 Å². The van der Waals surface area contributed by atoms with Gasteiger partial charge in [0.25, 0.3) is 11.5 Å². The number of hydrogen-bond acceptors (Lipinski definition) is 5. The van der Waals surface area contributed by atoms with E-state index in [2.05, 4.69) is 5.32 Å². The molecule has 0 saturated carbocycles. The minimum absolute atomic E-state index is 0.129. The van der Waals surface area contributed by atoms with Crippen LogP contribution in [0.15, 0.2) is 71.5 Å². The number of thiazole rings is 1. The van der Waals surface area contributed by atoms with Gasteiger partial charge in [-0.2, -0.15) is 10.5 Å². The normalized spacial score (nSPS) is 11.0. The van der Waals surface area contributed by atoms with Gasteiger partial charge in [-0.1, -0.05) is 47.5 Å². The second-order valence-electron chi connectivity index (χ2n) is 8.39. The zero-order valence-corrected chi connectivity index (χ0v) is 20.8. The largest absolute Gasteiger partial charge is 0.322 e. The highest BCUT2D eigenvalue weighted by Gasteiger charge is 2.13. The summed E-state index contributed by atoms with van der Waals surface area (Å²) in [6, 6.07) is 23.9. The van der Waals surface area contributed by atoms with E-state index in [1.165, 1.54) is 4.57 Å². The average molecular weight is 491 g/mol. The molecule has 0 aliphatic heterocycles. The minimum atomic E-state index is -0.320. The van der Waals surface area contributed by atoms with Crippen LogP contribution in [-0.4, -0.2) is 10.5 Å². The van der Waals surface area contributed by atoms with Crippen LogP contribution >= 0.6 is 11.3 Å². The Morgan fingerprint density at radius 2 is 1.64 bits per heavy atom. The van der Waals surface area contributed by atoms with Crippen LogP contribution in [0.4, 0.5) is 5.69 Å². The molecule has 0 spiro atoms. The third kappa shape index (κ3) is 5.02. The summed E-state index contributed by atoms with van der Waals surface area (Å²) in [6.45, 7) is 5.80. The molecule has 0 fully saturated rings. The Balaban J connectivity index is 1.81. The van der Waals surface area contributed by atoms with Crippen LogP contribution in [-0.2, 0) is 0 Å². The van der Waals surface area contributed by atoms with Crippen molar-refractivity contribution in [2.75, 3.05) is 5.32 Å². The predicted octanol–water partition coefficient (Wildman–Crippen LogP) is 4.10. The van der Waals surface area contributed by atoms with Gasteiger partial charge in [0.15, 0.2) is 5.57 Å². The van der Waals surface area contributed by atoms with Crippen molar-refractivity contribution >= 4 is 34.6 Å². The highest BCUT2D eigenvalue weighted by molar-refractivity contribution is 7.07. The van der Waals surface area contributed by atoms with Crippen molar-refractivity contribution in [3.8, 4) is 17.8 Å². The summed E-state index contributed by atoms with van der Waals surface area (Å²) in [7, 11) is 0. The maximum absolute atomic E-state index is 13.5. The lowest BCUT2D eigenvalue weighted by atomic mass is 10.1. The molecule has 0 unspecified atom stereocenters. The molecule has 0 atom stereocenters. The first-order valence-corrected chi connectivity index (χ1v) is 12.0. The molecule has 0 saturated heterocycles. The highest BCUT2D eigenvalue weighted by atomic mass is 32.1. The summed E-state index contributed by atoms with van der Waals surface area (Å²) in [4.78, 5) is 26.1. The fourth-order valence-corrected chi connectivity index (χ4v) is 4.86. The first-order valence-electron chi connectivity index (χ1n) is 11.1. The number of carbonyl (C=O) groups excluding carboxylic acids is 1. The Hall–Kier alpha value is -4.72. The van der Waals surface area contributed by atoms with E-state index in [0.717, 1.165) is 28.0 Å².